The molecule has 21 heavy (non-hydrogen) atoms. The zero-order valence-corrected chi connectivity index (χ0v) is 11.1. The number of amides is 1. The summed E-state index contributed by atoms with van der Waals surface area (Å²) in [7, 11) is 1.47. The molecule has 0 spiro atoms. The molecule has 8 heteroatoms. The Kier molecular flexibility index (Phi) is 4.48. The van der Waals surface area contributed by atoms with Gasteiger partial charge in [0.25, 0.3) is 5.91 Å². The Labute approximate surface area is 118 Å². The van der Waals surface area contributed by atoms with E-state index in [4.69, 9.17) is 4.74 Å². The van der Waals surface area contributed by atoms with E-state index >= 15 is 0 Å². The van der Waals surface area contributed by atoms with E-state index in [0.29, 0.717) is 25.2 Å². The number of hydrogen-bond donors (Lipinski definition) is 2. The Hall–Kier alpha value is -1.67. The highest BCUT2D eigenvalue weighted by atomic mass is 19.4. The van der Waals surface area contributed by atoms with Crippen molar-refractivity contribution in [1.29, 1.82) is 0 Å². The molecule has 1 fully saturated rings. The van der Waals surface area contributed by atoms with E-state index in [1.165, 1.54) is 7.11 Å². The molecule has 1 amide bonds. The maximum absolute atomic E-state index is 13.3. The lowest BCUT2D eigenvalue weighted by Gasteiger charge is -2.19. The first-order valence-electron chi connectivity index (χ1n) is 6.23. The van der Waals surface area contributed by atoms with Gasteiger partial charge in [0.15, 0.2) is 0 Å². The second-order valence-corrected chi connectivity index (χ2v) is 4.74. The highest BCUT2D eigenvalue weighted by Gasteiger charge is 2.33. The van der Waals surface area contributed by atoms with Crippen molar-refractivity contribution in [3.05, 3.63) is 35.1 Å². The minimum absolute atomic E-state index is 0.274. The largest absolute Gasteiger partial charge is 0.416 e. The molecule has 0 bridgehead atoms. The van der Waals surface area contributed by atoms with Crippen molar-refractivity contribution >= 4 is 5.91 Å². The van der Waals surface area contributed by atoms with Gasteiger partial charge in [0.05, 0.1) is 17.7 Å². The van der Waals surface area contributed by atoms with Gasteiger partial charge in [-0.3, -0.25) is 4.79 Å². The summed E-state index contributed by atoms with van der Waals surface area (Å²) in [5, 5.41) is 5.52. The summed E-state index contributed by atoms with van der Waals surface area (Å²) < 4.78 is 56.2. The van der Waals surface area contributed by atoms with Crippen LogP contribution in [0.4, 0.5) is 17.6 Å². The average molecular weight is 306 g/mol. The fourth-order valence-electron chi connectivity index (χ4n) is 2.18. The Balaban J connectivity index is 2.17. The zero-order valence-electron chi connectivity index (χ0n) is 11.1. The van der Waals surface area contributed by atoms with Gasteiger partial charge in [-0.25, -0.2) is 4.39 Å². The van der Waals surface area contributed by atoms with Crippen LogP contribution in [0.3, 0.4) is 0 Å². The van der Waals surface area contributed by atoms with Crippen LogP contribution in [0.5, 0.6) is 0 Å². The number of benzene rings is 1. The number of carbonyl (C=O) groups excluding carboxylic acids is 1. The van der Waals surface area contributed by atoms with Gasteiger partial charge in [-0.2, -0.15) is 13.2 Å². The number of nitrogens with one attached hydrogen (secondary N) is 2. The summed E-state index contributed by atoms with van der Waals surface area (Å²) >= 11 is 0. The van der Waals surface area contributed by atoms with Gasteiger partial charge in [0, 0.05) is 25.8 Å². The van der Waals surface area contributed by atoms with Gasteiger partial charge in [0.2, 0.25) is 0 Å². The molecule has 1 unspecified atom stereocenters. The van der Waals surface area contributed by atoms with Gasteiger partial charge in [-0.05, 0) is 18.2 Å². The molecule has 1 aliphatic heterocycles. The van der Waals surface area contributed by atoms with E-state index in [1.807, 2.05) is 0 Å². The van der Waals surface area contributed by atoms with Crippen molar-refractivity contribution in [2.75, 3.05) is 20.2 Å². The molecule has 0 radical (unpaired) electrons. The SMILES string of the molecule is CO[C@H]1CNCC1NC(=O)c1cc(F)cc(C(F)(F)F)c1. The maximum Gasteiger partial charge on any atom is 0.416 e. The zero-order chi connectivity index (χ0) is 15.6. The fourth-order valence-corrected chi connectivity index (χ4v) is 2.18. The van der Waals surface area contributed by atoms with Crippen LogP contribution in [0, 0.1) is 5.82 Å². The van der Waals surface area contributed by atoms with E-state index in [0.717, 1.165) is 6.07 Å². The first-order valence-corrected chi connectivity index (χ1v) is 6.23. The van der Waals surface area contributed by atoms with Gasteiger partial charge in [-0.15, -0.1) is 0 Å². The van der Waals surface area contributed by atoms with Crippen LogP contribution in [0.2, 0.25) is 0 Å². The lowest BCUT2D eigenvalue weighted by Crippen LogP contribution is -2.43. The molecule has 2 atom stereocenters. The Morgan fingerprint density at radius 2 is 2.05 bits per heavy atom. The van der Waals surface area contributed by atoms with Crippen molar-refractivity contribution in [2.45, 2.75) is 18.3 Å². The summed E-state index contributed by atoms with van der Waals surface area (Å²) in [5.74, 6) is -1.88. The lowest BCUT2D eigenvalue weighted by molar-refractivity contribution is -0.137. The van der Waals surface area contributed by atoms with E-state index in [9.17, 15) is 22.4 Å². The predicted molar refractivity (Wildman–Crippen MR) is 66.3 cm³/mol. The van der Waals surface area contributed by atoms with Gasteiger partial charge in [0.1, 0.15) is 5.82 Å². The highest BCUT2D eigenvalue weighted by Crippen LogP contribution is 2.30. The third-order valence-corrected chi connectivity index (χ3v) is 3.27. The van der Waals surface area contributed by atoms with Gasteiger partial charge < -0.3 is 15.4 Å². The van der Waals surface area contributed by atoms with Crippen molar-refractivity contribution in [1.82, 2.24) is 10.6 Å². The van der Waals surface area contributed by atoms with E-state index in [-0.39, 0.29) is 17.7 Å². The first-order chi connectivity index (χ1) is 9.81. The molecule has 1 heterocycles. The third kappa shape index (κ3) is 3.70. The van der Waals surface area contributed by atoms with Crippen LogP contribution in [0.1, 0.15) is 15.9 Å². The second kappa shape index (κ2) is 5.98. The van der Waals surface area contributed by atoms with Crippen LogP contribution in [-0.4, -0.2) is 38.3 Å². The van der Waals surface area contributed by atoms with Crippen LogP contribution in [0.15, 0.2) is 18.2 Å². The Morgan fingerprint density at radius 3 is 2.67 bits per heavy atom. The van der Waals surface area contributed by atoms with Crippen molar-refractivity contribution in [2.24, 2.45) is 0 Å². The average Bonchev–Trinajstić information content (AvgIpc) is 2.84. The molecular formula is C13H14F4N2O2. The molecule has 1 aliphatic rings. The topological polar surface area (TPSA) is 50.4 Å². The summed E-state index contributed by atoms with van der Waals surface area (Å²) in [5.41, 5.74) is -1.57. The minimum atomic E-state index is -4.71. The number of methoxy groups -OCH3 is 1. The molecule has 0 aromatic heterocycles. The summed E-state index contributed by atoms with van der Waals surface area (Å²) in [6.07, 6.45) is -4.98. The first kappa shape index (κ1) is 15.7. The monoisotopic (exact) mass is 306 g/mol. The smallest absolute Gasteiger partial charge is 0.378 e. The number of hydrogen-bond acceptors (Lipinski definition) is 3. The molecule has 4 nitrogen and oxygen atoms in total. The number of carbonyl (C=O) groups is 1. The number of halogens is 4. The van der Waals surface area contributed by atoms with E-state index in [2.05, 4.69) is 10.6 Å². The number of ether oxygens (including phenoxy) is 1. The molecule has 0 aliphatic carbocycles. The lowest BCUT2D eigenvalue weighted by atomic mass is 10.1. The van der Waals surface area contributed by atoms with Crippen LogP contribution in [0.25, 0.3) is 0 Å². The van der Waals surface area contributed by atoms with Crippen LogP contribution < -0.4 is 10.6 Å². The Morgan fingerprint density at radius 1 is 1.33 bits per heavy atom. The second-order valence-electron chi connectivity index (χ2n) is 4.74. The molecule has 2 N–H and O–H groups in total. The van der Waals surface area contributed by atoms with E-state index < -0.39 is 23.5 Å². The number of alkyl halides is 3. The quantitative estimate of drug-likeness (QED) is 0.833. The maximum atomic E-state index is 13.3. The molecule has 0 saturated carbocycles. The summed E-state index contributed by atoms with van der Waals surface area (Å²) in [6.45, 7) is 0.962. The van der Waals surface area contributed by atoms with Crippen LogP contribution >= 0.6 is 0 Å². The van der Waals surface area contributed by atoms with E-state index in [1.54, 1.807) is 0 Å². The molecular weight excluding hydrogens is 292 g/mol. The summed E-state index contributed by atoms with van der Waals surface area (Å²) in [4.78, 5) is 12.0. The fraction of sp³-hybridized carbons (Fsp3) is 0.462. The van der Waals surface area contributed by atoms with Gasteiger partial charge >= 0.3 is 6.18 Å². The molecule has 1 aromatic carbocycles. The minimum Gasteiger partial charge on any atom is -0.378 e. The number of rotatable bonds is 3. The van der Waals surface area contributed by atoms with Crippen LogP contribution in [-0.2, 0) is 10.9 Å². The molecule has 1 aromatic rings. The van der Waals surface area contributed by atoms with Crippen molar-refractivity contribution in [3.63, 3.8) is 0 Å². The molecule has 1 saturated heterocycles. The highest BCUT2D eigenvalue weighted by molar-refractivity contribution is 5.94. The van der Waals surface area contributed by atoms with Gasteiger partial charge in [-0.1, -0.05) is 0 Å². The van der Waals surface area contributed by atoms with Crippen molar-refractivity contribution in [3.8, 4) is 0 Å². The molecule has 2 rings (SSSR count). The normalized spacial score (nSPS) is 22.3. The summed E-state index contributed by atoms with van der Waals surface area (Å²) in [6, 6.07) is 1.38. The van der Waals surface area contributed by atoms with Crippen molar-refractivity contribution < 1.29 is 27.1 Å². The standard InChI is InChI=1S/C13H14F4N2O2/c1-21-11-6-18-5-10(11)19-12(20)7-2-8(13(15,16)17)4-9(14)3-7/h2-4,10-11,18H,5-6H2,1H3,(H,19,20)/t10?,11-/m0/s1. The third-order valence-electron chi connectivity index (χ3n) is 3.27. The molecule has 116 valence electrons. The predicted octanol–water partition coefficient (Wildman–Crippen LogP) is 1.56. The Bertz CT molecular complexity index is 533.